The predicted octanol–water partition coefficient (Wildman–Crippen LogP) is 3.33. The highest BCUT2D eigenvalue weighted by atomic mass is 16.3. The lowest BCUT2D eigenvalue weighted by Crippen LogP contribution is -2.07. The molecule has 3 aromatic rings. The van der Waals surface area contributed by atoms with Crippen molar-refractivity contribution in [1.29, 1.82) is 0 Å². The van der Waals surface area contributed by atoms with E-state index in [0.29, 0.717) is 11.4 Å². The zero-order valence-electron chi connectivity index (χ0n) is 11.2. The minimum absolute atomic E-state index is 0.0453. The van der Waals surface area contributed by atoms with Gasteiger partial charge < -0.3 is 15.6 Å². The van der Waals surface area contributed by atoms with Gasteiger partial charge in [0, 0.05) is 6.07 Å². The lowest BCUT2D eigenvalue weighted by molar-refractivity contribution is 0.403. The summed E-state index contributed by atoms with van der Waals surface area (Å²) in [7, 11) is 0. The molecule has 4 N–H and O–H groups in total. The summed E-state index contributed by atoms with van der Waals surface area (Å²) in [4.78, 5) is 0. The van der Waals surface area contributed by atoms with Gasteiger partial charge in [0.05, 0.1) is 11.4 Å². The van der Waals surface area contributed by atoms with E-state index >= 15 is 0 Å². The number of rotatable bonds is 4. The van der Waals surface area contributed by atoms with Crippen LogP contribution in [0.4, 0.5) is 11.4 Å². The molecule has 0 aliphatic heterocycles. The van der Waals surface area contributed by atoms with Crippen LogP contribution in [0.1, 0.15) is 0 Å². The molecule has 0 amide bonds. The number of benzene rings is 2. The standard InChI is InChI=1S/C16H15N3O2/c20-15-11-14(18-17-12-7-3-1-4-8-12)16(21)19(15)13-9-5-2-6-10-13/h1-11,17-18,20-21H. The largest absolute Gasteiger partial charge is 0.494 e. The van der Waals surface area contributed by atoms with Crippen LogP contribution in [0, 0.1) is 0 Å². The highest BCUT2D eigenvalue weighted by Gasteiger charge is 2.14. The molecule has 0 spiro atoms. The first-order valence-electron chi connectivity index (χ1n) is 6.52. The Labute approximate surface area is 122 Å². The van der Waals surface area contributed by atoms with Crippen molar-refractivity contribution in [3.8, 4) is 17.4 Å². The Morgan fingerprint density at radius 1 is 0.762 bits per heavy atom. The molecule has 106 valence electrons. The average Bonchev–Trinajstić information content (AvgIpc) is 2.81. The molecule has 0 fully saturated rings. The van der Waals surface area contributed by atoms with E-state index in [2.05, 4.69) is 10.9 Å². The van der Waals surface area contributed by atoms with E-state index in [0.717, 1.165) is 5.69 Å². The predicted molar refractivity (Wildman–Crippen MR) is 82.8 cm³/mol. The minimum Gasteiger partial charge on any atom is -0.494 e. The van der Waals surface area contributed by atoms with E-state index in [-0.39, 0.29) is 11.8 Å². The Morgan fingerprint density at radius 2 is 1.38 bits per heavy atom. The first-order valence-corrected chi connectivity index (χ1v) is 6.52. The van der Waals surface area contributed by atoms with Crippen LogP contribution in [-0.2, 0) is 0 Å². The number of hydrazine groups is 1. The van der Waals surface area contributed by atoms with E-state index in [4.69, 9.17) is 0 Å². The Kier molecular flexibility index (Phi) is 3.39. The fourth-order valence-electron chi connectivity index (χ4n) is 2.07. The summed E-state index contributed by atoms with van der Waals surface area (Å²) in [5.74, 6) is -0.113. The third-order valence-corrected chi connectivity index (χ3v) is 3.08. The molecule has 0 saturated heterocycles. The number of hydrogen-bond donors (Lipinski definition) is 4. The van der Waals surface area contributed by atoms with Gasteiger partial charge >= 0.3 is 0 Å². The smallest absolute Gasteiger partial charge is 0.224 e. The zero-order chi connectivity index (χ0) is 14.7. The fraction of sp³-hybridized carbons (Fsp3) is 0. The van der Waals surface area contributed by atoms with Gasteiger partial charge in [0.2, 0.25) is 11.8 Å². The van der Waals surface area contributed by atoms with Crippen LogP contribution in [0.3, 0.4) is 0 Å². The molecule has 0 radical (unpaired) electrons. The summed E-state index contributed by atoms with van der Waals surface area (Å²) in [5, 5.41) is 20.2. The second-order valence-corrected chi connectivity index (χ2v) is 4.53. The molecule has 5 nitrogen and oxygen atoms in total. The fourth-order valence-corrected chi connectivity index (χ4v) is 2.07. The van der Waals surface area contributed by atoms with E-state index in [1.165, 1.54) is 10.6 Å². The SMILES string of the molecule is Oc1cc(NNc2ccccc2)c(O)n1-c1ccccc1. The van der Waals surface area contributed by atoms with Gasteiger partial charge in [-0.3, -0.25) is 5.43 Å². The van der Waals surface area contributed by atoms with Gasteiger partial charge in [0.25, 0.3) is 0 Å². The van der Waals surface area contributed by atoms with Crippen molar-refractivity contribution in [3.63, 3.8) is 0 Å². The molecule has 21 heavy (non-hydrogen) atoms. The molecule has 0 bridgehead atoms. The molecule has 3 rings (SSSR count). The lowest BCUT2D eigenvalue weighted by atomic mass is 10.3. The Bertz CT molecular complexity index is 724. The van der Waals surface area contributed by atoms with Crippen molar-refractivity contribution in [1.82, 2.24) is 4.57 Å². The van der Waals surface area contributed by atoms with Gasteiger partial charge in [-0.05, 0) is 24.3 Å². The number of aromatic hydroxyl groups is 2. The van der Waals surface area contributed by atoms with Crippen molar-refractivity contribution in [2.75, 3.05) is 10.9 Å². The Morgan fingerprint density at radius 3 is 2.05 bits per heavy atom. The number of nitrogens with one attached hydrogen (secondary N) is 2. The number of para-hydroxylation sites is 2. The van der Waals surface area contributed by atoms with Gasteiger partial charge in [-0.15, -0.1) is 0 Å². The Balaban J connectivity index is 1.85. The maximum absolute atomic E-state index is 10.2. The second-order valence-electron chi connectivity index (χ2n) is 4.53. The molecule has 0 aliphatic rings. The molecule has 0 unspecified atom stereocenters. The number of aromatic nitrogens is 1. The van der Waals surface area contributed by atoms with Crippen molar-refractivity contribution in [2.24, 2.45) is 0 Å². The summed E-state index contributed by atoms with van der Waals surface area (Å²) in [6.45, 7) is 0. The van der Waals surface area contributed by atoms with Crippen LogP contribution in [0.15, 0.2) is 66.7 Å². The molecular weight excluding hydrogens is 266 g/mol. The lowest BCUT2D eigenvalue weighted by Gasteiger charge is -2.09. The van der Waals surface area contributed by atoms with Crippen LogP contribution >= 0.6 is 0 Å². The number of nitrogens with zero attached hydrogens (tertiary/aromatic N) is 1. The number of hydrogen-bond acceptors (Lipinski definition) is 4. The van der Waals surface area contributed by atoms with Crippen molar-refractivity contribution in [3.05, 3.63) is 66.7 Å². The monoisotopic (exact) mass is 281 g/mol. The minimum atomic E-state index is -0.0675. The Hall–Kier alpha value is -3.08. The van der Waals surface area contributed by atoms with E-state index in [1.807, 2.05) is 48.5 Å². The summed E-state index contributed by atoms with van der Waals surface area (Å²) >= 11 is 0. The highest BCUT2D eigenvalue weighted by molar-refractivity contribution is 5.63. The second kappa shape index (κ2) is 5.50. The molecule has 5 heteroatoms. The summed E-state index contributed by atoms with van der Waals surface area (Å²) in [5.41, 5.74) is 7.76. The average molecular weight is 281 g/mol. The van der Waals surface area contributed by atoms with E-state index in [9.17, 15) is 10.2 Å². The molecule has 0 saturated carbocycles. The normalized spacial score (nSPS) is 10.3. The van der Waals surface area contributed by atoms with Crippen LogP contribution in [0.25, 0.3) is 5.69 Å². The van der Waals surface area contributed by atoms with Crippen LogP contribution in [0.2, 0.25) is 0 Å². The van der Waals surface area contributed by atoms with Crippen molar-refractivity contribution >= 4 is 11.4 Å². The summed E-state index contributed by atoms with van der Waals surface area (Å²) in [6, 6.07) is 20.1. The van der Waals surface area contributed by atoms with Gasteiger partial charge in [0.1, 0.15) is 5.69 Å². The van der Waals surface area contributed by atoms with E-state index < -0.39 is 0 Å². The molecule has 2 aromatic carbocycles. The van der Waals surface area contributed by atoms with Crippen LogP contribution in [-0.4, -0.2) is 14.8 Å². The highest BCUT2D eigenvalue weighted by Crippen LogP contribution is 2.35. The van der Waals surface area contributed by atoms with Gasteiger partial charge in [-0.2, -0.15) is 0 Å². The molecular formula is C16H15N3O2. The van der Waals surface area contributed by atoms with Crippen LogP contribution in [0.5, 0.6) is 11.8 Å². The topological polar surface area (TPSA) is 69.4 Å². The van der Waals surface area contributed by atoms with Crippen molar-refractivity contribution < 1.29 is 10.2 Å². The number of anilines is 2. The summed E-state index contributed by atoms with van der Waals surface area (Å²) in [6.07, 6.45) is 0. The van der Waals surface area contributed by atoms with Crippen LogP contribution < -0.4 is 10.9 Å². The molecule has 1 aromatic heterocycles. The third kappa shape index (κ3) is 2.62. The first-order chi connectivity index (χ1) is 10.3. The molecule has 1 heterocycles. The quantitative estimate of drug-likeness (QED) is 0.554. The van der Waals surface area contributed by atoms with Crippen molar-refractivity contribution in [2.45, 2.75) is 0 Å². The van der Waals surface area contributed by atoms with Gasteiger partial charge in [-0.25, -0.2) is 4.57 Å². The first kappa shape index (κ1) is 12.9. The molecule has 0 aliphatic carbocycles. The van der Waals surface area contributed by atoms with E-state index in [1.54, 1.807) is 12.1 Å². The zero-order valence-corrected chi connectivity index (χ0v) is 11.2. The molecule has 0 atom stereocenters. The van der Waals surface area contributed by atoms with Gasteiger partial charge in [0.15, 0.2) is 0 Å². The van der Waals surface area contributed by atoms with Gasteiger partial charge in [-0.1, -0.05) is 36.4 Å². The summed E-state index contributed by atoms with van der Waals surface area (Å²) < 4.78 is 1.36. The maximum atomic E-state index is 10.2. The third-order valence-electron chi connectivity index (χ3n) is 3.08. The maximum Gasteiger partial charge on any atom is 0.224 e.